The van der Waals surface area contributed by atoms with Gasteiger partial charge in [-0.05, 0) is 11.6 Å². The summed E-state index contributed by atoms with van der Waals surface area (Å²) < 4.78 is 0. The highest BCUT2D eigenvalue weighted by atomic mass is 35.5. The van der Waals surface area contributed by atoms with Gasteiger partial charge in [-0.2, -0.15) is 0 Å². The van der Waals surface area contributed by atoms with E-state index in [-0.39, 0.29) is 0 Å². The number of nitrogens with zero attached hydrogens (tertiary/aromatic N) is 2. The van der Waals surface area contributed by atoms with Crippen molar-refractivity contribution in [1.82, 2.24) is 9.97 Å². The molecule has 2 rings (SSSR count). The van der Waals surface area contributed by atoms with E-state index in [1.54, 1.807) is 0 Å². The van der Waals surface area contributed by atoms with Crippen LogP contribution in [0.3, 0.4) is 0 Å². The molecule has 0 spiro atoms. The van der Waals surface area contributed by atoms with E-state index in [4.69, 9.17) is 34.8 Å². The first-order chi connectivity index (χ1) is 7.65. The van der Waals surface area contributed by atoms with E-state index < -0.39 is 0 Å². The van der Waals surface area contributed by atoms with Crippen LogP contribution in [-0.4, -0.2) is 9.97 Å². The SMILES string of the molecule is Clc1cc(Cl)nc(Cc2ccccc2Cl)n1. The van der Waals surface area contributed by atoms with Gasteiger partial charge in [-0.3, -0.25) is 0 Å². The van der Waals surface area contributed by atoms with Crippen LogP contribution in [0.4, 0.5) is 0 Å². The fourth-order valence-electron chi connectivity index (χ4n) is 1.33. The number of hydrogen-bond donors (Lipinski definition) is 0. The Morgan fingerprint density at radius 2 is 1.56 bits per heavy atom. The largest absolute Gasteiger partial charge is 0.221 e. The van der Waals surface area contributed by atoms with Crippen molar-refractivity contribution < 1.29 is 0 Å². The molecule has 0 aliphatic heterocycles. The Morgan fingerprint density at radius 1 is 0.938 bits per heavy atom. The molecule has 1 heterocycles. The van der Waals surface area contributed by atoms with Crippen molar-refractivity contribution in [3.05, 3.63) is 57.0 Å². The van der Waals surface area contributed by atoms with Crippen LogP contribution in [0.15, 0.2) is 30.3 Å². The summed E-state index contributed by atoms with van der Waals surface area (Å²) in [4.78, 5) is 8.16. The number of benzene rings is 1. The van der Waals surface area contributed by atoms with Crippen LogP contribution in [0.1, 0.15) is 11.4 Å². The monoisotopic (exact) mass is 272 g/mol. The van der Waals surface area contributed by atoms with Crippen LogP contribution >= 0.6 is 34.8 Å². The Morgan fingerprint density at radius 3 is 2.19 bits per heavy atom. The van der Waals surface area contributed by atoms with Crippen LogP contribution in [0.2, 0.25) is 15.3 Å². The van der Waals surface area contributed by atoms with Crippen LogP contribution in [0, 0.1) is 0 Å². The van der Waals surface area contributed by atoms with Crippen molar-refractivity contribution in [3.63, 3.8) is 0 Å². The summed E-state index contributed by atoms with van der Waals surface area (Å²) in [7, 11) is 0. The Labute approximate surface area is 108 Å². The number of hydrogen-bond acceptors (Lipinski definition) is 2. The molecule has 0 unspecified atom stereocenters. The molecule has 0 aliphatic rings. The topological polar surface area (TPSA) is 25.8 Å². The lowest BCUT2D eigenvalue weighted by atomic mass is 10.1. The second-order valence-electron chi connectivity index (χ2n) is 3.20. The fraction of sp³-hybridized carbons (Fsp3) is 0.0909. The molecule has 2 aromatic rings. The van der Waals surface area contributed by atoms with Gasteiger partial charge in [0.1, 0.15) is 16.1 Å². The second kappa shape index (κ2) is 5.00. The first-order valence-corrected chi connectivity index (χ1v) is 5.71. The molecule has 5 heteroatoms. The predicted molar refractivity (Wildman–Crippen MR) is 66.3 cm³/mol. The lowest BCUT2D eigenvalue weighted by Crippen LogP contribution is -1.97. The van der Waals surface area contributed by atoms with Gasteiger partial charge in [-0.25, -0.2) is 9.97 Å². The quantitative estimate of drug-likeness (QED) is 0.772. The maximum atomic E-state index is 6.03. The zero-order valence-electron chi connectivity index (χ0n) is 8.12. The number of aromatic nitrogens is 2. The van der Waals surface area contributed by atoms with Gasteiger partial charge in [0.05, 0.1) is 0 Å². The first kappa shape index (κ1) is 11.6. The summed E-state index contributed by atoms with van der Waals surface area (Å²) >= 11 is 17.6. The van der Waals surface area contributed by atoms with Gasteiger partial charge in [-0.15, -0.1) is 0 Å². The molecule has 0 N–H and O–H groups in total. The second-order valence-corrected chi connectivity index (χ2v) is 4.38. The zero-order valence-corrected chi connectivity index (χ0v) is 10.4. The predicted octanol–water partition coefficient (Wildman–Crippen LogP) is 4.03. The van der Waals surface area contributed by atoms with Crippen molar-refractivity contribution in [2.45, 2.75) is 6.42 Å². The third-order valence-electron chi connectivity index (χ3n) is 2.02. The average molecular weight is 274 g/mol. The summed E-state index contributed by atoms with van der Waals surface area (Å²) in [6, 6.07) is 9.02. The number of halogens is 3. The van der Waals surface area contributed by atoms with Crippen LogP contribution in [0.5, 0.6) is 0 Å². The van der Waals surface area contributed by atoms with Gasteiger partial charge in [0.25, 0.3) is 0 Å². The molecule has 0 saturated carbocycles. The fourth-order valence-corrected chi connectivity index (χ4v) is 1.99. The Balaban J connectivity index is 2.30. The summed E-state index contributed by atoms with van der Waals surface area (Å²) in [5, 5.41) is 1.35. The van der Waals surface area contributed by atoms with Gasteiger partial charge < -0.3 is 0 Å². The minimum atomic E-state index is 0.335. The van der Waals surface area contributed by atoms with Gasteiger partial charge in [-0.1, -0.05) is 53.0 Å². The molecule has 0 radical (unpaired) electrons. The van der Waals surface area contributed by atoms with Crippen LogP contribution < -0.4 is 0 Å². The van der Waals surface area contributed by atoms with E-state index >= 15 is 0 Å². The molecule has 0 bridgehead atoms. The van der Waals surface area contributed by atoms with E-state index in [0.29, 0.717) is 27.6 Å². The molecular weight excluding hydrogens is 266 g/mol. The van der Waals surface area contributed by atoms with Gasteiger partial charge in [0.2, 0.25) is 0 Å². The molecule has 0 atom stereocenters. The number of rotatable bonds is 2. The highest BCUT2D eigenvalue weighted by Crippen LogP contribution is 2.19. The molecule has 0 amide bonds. The lowest BCUT2D eigenvalue weighted by Gasteiger charge is -2.03. The smallest absolute Gasteiger partial charge is 0.136 e. The van der Waals surface area contributed by atoms with Gasteiger partial charge >= 0.3 is 0 Å². The molecule has 16 heavy (non-hydrogen) atoms. The standard InChI is InChI=1S/C11H7Cl3N2/c12-8-4-2-1-3-7(8)5-11-15-9(13)6-10(14)16-11/h1-4,6H,5H2. The average Bonchev–Trinajstić information content (AvgIpc) is 2.20. The summed E-state index contributed by atoms with van der Waals surface area (Å²) in [6.45, 7) is 0. The van der Waals surface area contributed by atoms with Crippen molar-refractivity contribution >= 4 is 34.8 Å². The zero-order chi connectivity index (χ0) is 11.5. The van der Waals surface area contributed by atoms with Crippen molar-refractivity contribution in [3.8, 4) is 0 Å². The Kier molecular flexibility index (Phi) is 3.64. The van der Waals surface area contributed by atoms with Gasteiger partial charge in [0, 0.05) is 17.5 Å². The minimum absolute atomic E-state index is 0.335. The molecule has 0 aliphatic carbocycles. The Hall–Kier alpha value is -0.830. The van der Waals surface area contributed by atoms with Crippen molar-refractivity contribution in [2.24, 2.45) is 0 Å². The maximum absolute atomic E-state index is 6.03. The molecule has 1 aromatic heterocycles. The lowest BCUT2D eigenvalue weighted by molar-refractivity contribution is 0.969. The summed E-state index contributed by atoms with van der Waals surface area (Å²) in [5.41, 5.74) is 0.947. The highest BCUT2D eigenvalue weighted by molar-refractivity contribution is 6.33. The summed E-state index contributed by atoms with van der Waals surface area (Å²) in [5.74, 6) is 0.561. The van der Waals surface area contributed by atoms with Crippen LogP contribution in [0.25, 0.3) is 0 Å². The van der Waals surface area contributed by atoms with Crippen molar-refractivity contribution in [2.75, 3.05) is 0 Å². The van der Waals surface area contributed by atoms with E-state index in [1.807, 2.05) is 24.3 Å². The third-order valence-corrected chi connectivity index (χ3v) is 2.77. The van der Waals surface area contributed by atoms with E-state index in [9.17, 15) is 0 Å². The van der Waals surface area contributed by atoms with E-state index in [2.05, 4.69) is 9.97 Å². The highest BCUT2D eigenvalue weighted by Gasteiger charge is 2.05. The normalized spacial score (nSPS) is 10.4. The van der Waals surface area contributed by atoms with Gasteiger partial charge in [0.15, 0.2) is 0 Å². The minimum Gasteiger partial charge on any atom is -0.221 e. The molecule has 1 aromatic carbocycles. The first-order valence-electron chi connectivity index (χ1n) is 4.57. The van der Waals surface area contributed by atoms with E-state index in [0.717, 1.165) is 5.56 Å². The van der Waals surface area contributed by atoms with Crippen molar-refractivity contribution in [1.29, 1.82) is 0 Å². The molecular formula is C11H7Cl3N2. The van der Waals surface area contributed by atoms with Crippen LogP contribution in [-0.2, 0) is 6.42 Å². The maximum Gasteiger partial charge on any atom is 0.136 e. The Bertz CT molecular complexity index is 494. The molecule has 2 nitrogen and oxygen atoms in total. The molecule has 0 saturated heterocycles. The summed E-state index contributed by atoms with van der Waals surface area (Å²) in [6.07, 6.45) is 0.514. The van der Waals surface area contributed by atoms with E-state index in [1.165, 1.54) is 6.07 Å². The third kappa shape index (κ3) is 2.85. The molecule has 82 valence electrons. The molecule has 0 fully saturated rings.